The molecule has 0 heterocycles. The Hall–Kier alpha value is -3.92. The van der Waals surface area contributed by atoms with E-state index < -0.39 is 16.6 Å². The third-order valence-electron chi connectivity index (χ3n) is 8.81. The number of rotatable bonds is 7. The highest BCUT2D eigenvalue weighted by atomic mass is 16.5. The molecule has 0 aromatic heterocycles. The Morgan fingerprint density at radius 3 is 1.73 bits per heavy atom. The standard InChI is InChI=1S/C37H35BO2/c1-35(2,39)36(3,4)40-38-30-16-12-15-29(25-30)37(28-23-21-27(22-24-28)26-13-6-5-7-14-26)33-19-10-8-17-31(33)32-18-9-11-20-34(32)37/h5-25,38-39H,1-4H3. The second kappa shape index (κ2) is 9.93. The Labute approximate surface area is 238 Å². The molecular weight excluding hydrogens is 487 g/mol. The van der Waals surface area contributed by atoms with Crippen molar-refractivity contribution in [1.82, 2.24) is 0 Å². The highest BCUT2D eigenvalue weighted by Gasteiger charge is 2.46. The third-order valence-corrected chi connectivity index (χ3v) is 8.81. The number of hydrogen-bond donors (Lipinski definition) is 1. The Morgan fingerprint density at radius 1 is 0.575 bits per heavy atom. The van der Waals surface area contributed by atoms with Crippen molar-refractivity contribution in [3.05, 3.63) is 150 Å². The molecule has 0 spiro atoms. The van der Waals surface area contributed by atoms with Crippen molar-refractivity contribution >= 4 is 12.9 Å². The van der Waals surface area contributed by atoms with Gasteiger partial charge in [-0.2, -0.15) is 0 Å². The topological polar surface area (TPSA) is 29.5 Å². The van der Waals surface area contributed by atoms with E-state index in [4.69, 9.17) is 4.65 Å². The first kappa shape index (κ1) is 26.3. The molecule has 3 heteroatoms. The molecule has 6 rings (SSSR count). The molecule has 0 amide bonds. The van der Waals surface area contributed by atoms with Gasteiger partial charge in [0.15, 0.2) is 0 Å². The van der Waals surface area contributed by atoms with Crippen molar-refractivity contribution in [3.63, 3.8) is 0 Å². The zero-order chi connectivity index (χ0) is 28.0. The quantitative estimate of drug-likeness (QED) is 0.224. The molecule has 1 aliphatic rings. The number of hydrogen-bond acceptors (Lipinski definition) is 2. The van der Waals surface area contributed by atoms with Crippen LogP contribution in [0.1, 0.15) is 49.9 Å². The summed E-state index contributed by atoms with van der Waals surface area (Å²) in [5.41, 5.74) is 8.94. The molecule has 0 saturated heterocycles. The Kier molecular flexibility index (Phi) is 6.53. The van der Waals surface area contributed by atoms with Crippen molar-refractivity contribution in [1.29, 1.82) is 0 Å². The summed E-state index contributed by atoms with van der Waals surface area (Å²) in [5.74, 6) is 0. The van der Waals surface area contributed by atoms with Crippen molar-refractivity contribution in [3.8, 4) is 22.3 Å². The Bertz CT molecular complexity index is 1600. The normalized spacial score (nSPS) is 13.9. The summed E-state index contributed by atoms with van der Waals surface area (Å²) in [5, 5.41) is 10.6. The average molecular weight is 522 g/mol. The van der Waals surface area contributed by atoms with Crippen molar-refractivity contribution in [2.24, 2.45) is 0 Å². The Morgan fingerprint density at radius 2 is 1.12 bits per heavy atom. The van der Waals surface area contributed by atoms with Gasteiger partial charge in [-0.25, -0.2) is 0 Å². The summed E-state index contributed by atoms with van der Waals surface area (Å²) in [6, 6.07) is 46.0. The second-order valence-corrected chi connectivity index (χ2v) is 11.8. The van der Waals surface area contributed by atoms with Crippen LogP contribution in [0.25, 0.3) is 22.3 Å². The molecule has 198 valence electrons. The van der Waals surface area contributed by atoms with Crippen LogP contribution in [0.5, 0.6) is 0 Å². The molecule has 1 N–H and O–H groups in total. The van der Waals surface area contributed by atoms with E-state index in [0.29, 0.717) is 7.48 Å². The van der Waals surface area contributed by atoms with Crippen LogP contribution < -0.4 is 5.46 Å². The van der Waals surface area contributed by atoms with Gasteiger partial charge in [-0.05, 0) is 72.2 Å². The Balaban J connectivity index is 1.53. The molecule has 0 saturated carbocycles. The number of aliphatic hydroxyl groups is 1. The van der Waals surface area contributed by atoms with Crippen LogP contribution in [0.2, 0.25) is 0 Å². The summed E-state index contributed by atoms with van der Waals surface area (Å²) in [6.07, 6.45) is 0. The molecule has 5 aromatic rings. The lowest BCUT2D eigenvalue weighted by Crippen LogP contribution is -2.49. The van der Waals surface area contributed by atoms with Crippen LogP contribution in [-0.4, -0.2) is 23.8 Å². The molecule has 0 unspecified atom stereocenters. The maximum absolute atomic E-state index is 10.6. The van der Waals surface area contributed by atoms with E-state index in [-0.39, 0.29) is 0 Å². The van der Waals surface area contributed by atoms with Gasteiger partial charge in [0.2, 0.25) is 0 Å². The van der Waals surface area contributed by atoms with E-state index in [1.54, 1.807) is 13.8 Å². The van der Waals surface area contributed by atoms with Gasteiger partial charge in [0.1, 0.15) is 0 Å². The zero-order valence-corrected chi connectivity index (χ0v) is 23.7. The molecule has 0 bridgehead atoms. The van der Waals surface area contributed by atoms with Crippen LogP contribution in [0, 0.1) is 0 Å². The molecule has 1 aliphatic carbocycles. The molecule has 2 nitrogen and oxygen atoms in total. The minimum atomic E-state index is -0.963. The molecular formula is C37H35BO2. The van der Waals surface area contributed by atoms with Gasteiger partial charge in [-0.3, -0.25) is 0 Å². The van der Waals surface area contributed by atoms with Gasteiger partial charge in [-0.15, -0.1) is 0 Å². The van der Waals surface area contributed by atoms with E-state index in [1.807, 2.05) is 13.8 Å². The smallest absolute Gasteiger partial charge is 0.309 e. The lowest BCUT2D eigenvalue weighted by Gasteiger charge is -2.38. The van der Waals surface area contributed by atoms with Crippen molar-refractivity contribution in [2.75, 3.05) is 0 Å². The molecule has 0 atom stereocenters. The fourth-order valence-electron chi connectivity index (χ4n) is 5.90. The molecule has 0 aliphatic heterocycles. The fourth-order valence-corrected chi connectivity index (χ4v) is 5.90. The molecule has 0 fully saturated rings. The summed E-state index contributed by atoms with van der Waals surface area (Å²) in [6.45, 7) is 7.47. The highest BCUT2D eigenvalue weighted by Crippen LogP contribution is 2.55. The second-order valence-electron chi connectivity index (χ2n) is 11.8. The fraction of sp³-hybridized carbons (Fsp3) is 0.189. The lowest BCUT2D eigenvalue weighted by atomic mass is 9.66. The largest absolute Gasteiger partial charge is 0.427 e. The number of fused-ring (bicyclic) bond motifs is 3. The van der Waals surface area contributed by atoms with Gasteiger partial charge in [0.05, 0.1) is 16.6 Å². The van der Waals surface area contributed by atoms with E-state index in [2.05, 4.69) is 127 Å². The van der Waals surface area contributed by atoms with Gasteiger partial charge in [-0.1, -0.05) is 133 Å². The molecule has 0 radical (unpaired) electrons. The van der Waals surface area contributed by atoms with E-state index >= 15 is 0 Å². The first-order valence-corrected chi connectivity index (χ1v) is 14.0. The van der Waals surface area contributed by atoms with Crippen LogP contribution in [0.4, 0.5) is 0 Å². The molecule has 40 heavy (non-hydrogen) atoms. The average Bonchev–Trinajstić information content (AvgIpc) is 3.28. The van der Waals surface area contributed by atoms with E-state index in [1.165, 1.54) is 44.5 Å². The highest BCUT2D eigenvalue weighted by molar-refractivity contribution is 6.47. The minimum Gasteiger partial charge on any atom is -0.427 e. The molecule has 5 aromatic carbocycles. The van der Waals surface area contributed by atoms with Crippen LogP contribution in [-0.2, 0) is 10.1 Å². The summed E-state index contributed by atoms with van der Waals surface area (Å²) >= 11 is 0. The first-order valence-electron chi connectivity index (χ1n) is 14.0. The number of benzene rings is 5. The monoisotopic (exact) mass is 522 g/mol. The SMILES string of the molecule is CC(C)(O)C(C)(C)OBc1cccc(C2(c3ccc(-c4ccccc4)cc3)c3ccccc3-c3ccccc32)c1. The van der Waals surface area contributed by atoms with E-state index in [9.17, 15) is 5.11 Å². The van der Waals surface area contributed by atoms with Crippen molar-refractivity contribution in [2.45, 2.75) is 44.3 Å². The van der Waals surface area contributed by atoms with Crippen molar-refractivity contribution < 1.29 is 9.76 Å². The maximum atomic E-state index is 10.6. The third kappa shape index (κ3) is 4.31. The van der Waals surface area contributed by atoms with Crippen LogP contribution in [0.3, 0.4) is 0 Å². The predicted octanol–water partition coefficient (Wildman–Crippen LogP) is 7.26. The summed E-state index contributed by atoms with van der Waals surface area (Å²) in [7, 11) is 0.414. The van der Waals surface area contributed by atoms with Gasteiger partial charge in [0.25, 0.3) is 0 Å². The van der Waals surface area contributed by atoms with Crippen LogP contribution >= 0.6 is 0 Å². The van der Waals surface area contributed by atoms with Gasteiger partial charge in [0, 0.05) is 0 Å². The van der Waals surface area contributed by atoms with E-state index in [0.717, 1.165) is 5.46 Å². The first-order chi connectivity index (χ1) is 19.2. The predicted molar refractivity (Wildman–Crippen MR) is 167 cm³/mol. The van der Waals surface area contributed by atoms with Crippen LogP contribution in [0.15, 0.2) is 127 Å². The minimum absolute atomic E-state index is 0.414. The van der Waals surface area contributed by atoms with Gasteiger partial charge >= 0.3 is 7.48 Å². The summed E-state index contributed by atoms with van der Waals surface area (Å²) < 4.78 is 6.29. The zero-order valence-electron chi connectivity index (χ0n) is 23.7. The van der Waals surface area contributed by atoms with Gasteiger partial charge < -0.3 is 9.76 Å². The maximum Gasteiger partial charge on any atom is 0.309 e. The lowest BCUT2D eigenvalue weighted by molar-refractivity contribution is -0.0893. The summed E-state index contributed by atoms with van der Waals surface area (Å²) in [4.78, 5) is 0.